The zero-order valence-corrected chi connectivity index (χ0v) is 7.37. The molecule has 2 rings (SSSR count). The van der Waals surface area contributed by atoms with Crippen molar-refractivity contribution in [2.45, 2.75) is 6.92 Å². The van der Waals surface area contributed by atoms with E-state index in [1.165, 1.54) is 0 Å². The lowest BCUT2D eigenvalue weighted by Crippen LogP contribution is -2.28. The largest absolute Gasteiger partial charge is 0.488 e. The molecule has 0 amide bonds. The minimum Gasteiger partial charge on any atom is -0.488 e. The van der Waals surface area contributed by atoms with E-state index in [2.05, 4.69) is 23.0 Å². The van der Waals surface area contributed by atoms with Crippen LogP contribution in [0.25, 0.3) is 0 Å². The Hall–Kier alpha value is -1.25. The Bertz CT molecular complexity index is 299. The van der Waals surface area contributed by atoms with Crippen molar-refractivity contribution in [3.8, 4) is 5.75 Å². The van der Waals surface area contributed by atoms with E-state index in [1.807, 2.05) is 6.92 Å². The molecule has 1 aliphatic heterocycles. The lowest BCUT2D eigenvalue weighted by atomic mass is 10.2. The molecule has 0 saturated heterocycles. The normalized spacial score (nSPS) is 15.3. The van der Waals surface area contributed by atoms with Gasteiger partial charge in [-0.05, 0) is 13.0 Å². The van der Waals surface area contributed by atoms with E-state index >= 15 is 0 Å². The molecule has 3 nitrogen and oxygen atoms in total. The summed E-state index contributed by atoms with van der Waals surface area (Å²) < 4.78 is 5.44. The number of pyridine rings is 1. The first-order valence-corrected chi connectivity index (χ1v) is 4.08. The fourth-order valence-corrected chi connectivity index (χ4v) is 1.36. The van der Waals surface area contributed by atoms with Gasteiger partial charge in [0.1, 0.15) is 6.61 Å². The van der Waals surface area contributed by atoms with Crippen LogP contribution in [0.5, 0.6) is 5.75 Å². The standard InChI is InChI=1S/C9H12N2O/c1-7-5-8-9(6-10-7)12-4-3-11(8)2/h5-6H,3-4H2,1-2H3. The molecule has 0 N–H and O–H groups in total. The first-order valence-electron chi connectivity index (χ1n) is 4.08. The highest BCUT2D eigenvalue weighted by Gasteiger charge is 2.14. The Balaban J connectivity index is 2.47. The minimum atomic E-state index is 0.758. The molecule has 0 unspecified atom stereocenters. The molecule has 0 aromatic carbocycles. The minimum absolute atomic E-state index is 0.758. The average Bonchev–Trinajstić information content (AvgIpc) is 2.07. The third-order valence-electron chi connectivity index (χ3n) is 2.08. The van der Waals surface area contributed by atoms with E-state index in [9.17, 15) is 0 Å². The van der Waals surface area contributed by atoms with Gasteiger partial charge in [-0.1, -0.05) is 0 Å². The molecular formula is C9H12N2O. The van der Waals surface area contributed by atoms with Crippen LogP contribution in [0, 0.1) is 6.92 Å². The summed E-state index contributed by atoms with van der Waals surface area (Å²) in [5.41, 5.74) is 2.18. The van der Waals surface area contributed by atoms with Crippen molar-refractivity contribution in [2.24, 2.45) is 0 Å². The molecule has 1 aromatic heterocycles. The summed E-state index contributed by atoms with van der Waals surface area (Å²) in [6.45, 7) is 3.70. The van der Waals surface area contributed by atoms with Crippen LogP contribution in [0.15, 0.2) is 12.3 Å². The number of nitrogens with zero attached hydrogens (tertiary/aromatic N) is 2. The highest BCUT2D eigenvalue weighted by Crippen LogP contribution is 2.29. The number of hydrogen-bond acceptors (Lipinski definition) is 3. The second-order valence-corrected chi connectivity index (χ2v) is 3.06. The molecule has 0 aliphatic carbocycles. The Morgan fingerprint density at radius 1 is 1.58 bits per heavy atom. The van der Waals surface area contributed by atoms with Gasteiger partial charge in [-0.25, -0.2) is 0 Å². The van der Waals surface area contributed by atoms with Gasteiger partial charge in [-0.15, -0.1) is 0 Å². The van der Waals surface area contributed by atoms with Gasteiger partial charge < -0.3 is 9.64 Å². The lowest BCUT2D eigenvalue weighted by Gasteiger charge is -2.27. The third-order valence-corrected chi connectivity index (χ3v) is 2.08. The zero-order valence-electron chi connectivity index (χ0n) is 7.37. The van der Waals surface area contributed by atoms with Gasteiger partial charge in [0.05, 0.1) is 18.4 Å². The Kier molecular flexibility index (Phi) is 1.64. The predicted molar refractivity (Wildman–Crippen MR) is 47.7 cm³/mol. The van der Waals surface area contributed by atoms with Gasteiger partial charge in [-0.2, -0.15) is 0 Å². The molecule has 0 fully saturated rings. The first-order chi connectivity index (χ1) is 5.77. The van der Waals surface area contributed by atoms with Gasteiger partial charge >= 0.3 is 0 Å². The molecule has 64 valence electrons. The fraction of sp³-hybridized carbons (Fsp3) is 0.444. The average molecular weight is 164 g/mol. The number of aromatic nitrogens is 1. The summed E-state index contributed by atoms with van der Waals surface area (Å²) >= 11 is 0. The molecule has 0 radical (unpaired) electrons. The number of fused-ring (bicyclic) bond motifs is 1. The van der Waals surface area contributed by atoms with Gasteiger partial charge in [-0.3, -0.25) is 4.98 Å². The summed E-state index contributed by atoms with van der Waals surface area (Å²) in [6, 6.07) is 2.05. The second-order valence-electron chi connectivity index (χ2n) is 3.06. The van der Waals surface area contributed by atoms with Crippen molar-refractivity contribution in [1.82, 2.24) is 4.98 Å². The van der Waals surface area contributed by atoms with Crippen LogP contribution in [-0.2, 0) is 0 Å². The lowest BCUT2D eigenvalue weighted by molar-refractivity contribution is 0.310. The maximum Gasteiger partial charge on any atom is 0.160 e. The topological polar surface area (TPSA) is 25.4 Å². The van der Waals surface area contributed by atoms with Crippen LogP contribution < -0.4 is 9.64 Å². The molecule has 12 heavy (non-hydrogen) atoms. The van der Waals surface area contributed by atoms with E-state index in [-0.39, 0.29) is 0 Å². The van der Waals surface area contributed by atoms with Crippen LogP contribution in [0.1, 0.15) is 5.69 Å². The maximum absolute atomic E-state index is 5.44. The third kappa shape index (κ3) is 1.11. The summed E-state index contributed by atoms with van der Waals surface area (Å²) in [5, 5.41) is 0. The van der Waals surface area contributed by atoms with Crippen molar-refractivity contribution >= 4 is 5.69 Å². The predicted octanol–water partition coefficient (Wildman–Crippen LogP) is 1.22. The highest BCUT2D eigenvalue weighted by atomic mass is 16.5. The van der Waals surface area contributed by atoms with E-state index in [0.717, 1.165) is 30.3 Å². The monoisotopic (exact) mass is 164 g/mol. The summed E-state index contributed by atoms with van der Waals surface area (Å²) in [5.74, 6) is 0.898. The van der Waals surface area contributed by atoms with E-state index in [4.69, 9.17) is 4.74 Å². The zero-order chi connectivity index (χ0) is 8.55. The van der Waals surface area contributed by atoms with Crippen LogP contribution >= 0.6 is 0 Å². The number of likely N-dealkylation sites (N-methyl/N-ethyl adjacent to an activating group) is 1. The number of anilines is 1. The molecule has 0 atom stereocenters. The van der Waals surface area contributed by atoms with Crippen molar-refractivity contribution < 1.29 is 4.74 Å². The number of rotatable bonds is 0. The molecule has 2 heterocycles. The smallest absolute Gasteiger partial charge is 0.160 e. The van der Waals surface area contributed by atoms with E-state index < -0.39 is 0 Å². The Labute approximate surface area is 72.0 Å². The van der Waals surface area contributed by atoms with Crippen molar-refractivity contribution in [3.05, 3.63) is 18.0 Å². The molecule has 0 saturated carbocycles. The van der Waals surface area contributed by atoms with Gasteiger partial charge in [0.25, 0.3) is 0 Å². The summed E-state index contributed by atoms with van der Waals surface area (Å²) in [7, 11) is 2.07. The van der Waals surface area contributed by atoms with Gasteiger partial charge in [0.15, 0.2) is 5.75 Å². The second kappa shape index (κ2) is 2.66. The highest BCUT2D eigenvalue weighted by molar-refractivity contribution is 5.58. The Morgan fingerprint density at radius 2 is 2.42 bits per heavy atom. The summed E-state index contributed by atoms with van der Waals surface area (Å²) in [6.07, 6.45) is 1.79. The number of hydrogen-bond donors (Lipinski definition) is 0. The van der Waals surface area contributed by atoms with Crippen molar-refractivity contribution in [3.63, 3.8) is 0 Å². The van der Waals surface area contributed by atoms with E-state index in [1.54, 1.807) is 6.20 Å². The van der Waals surface area contributed by atoms with Crippen molar-refractivity contribution in [1.29, 1.82) is 0 Å². The molecule has 1 aliphatic rings. The van der Waals surface area contributed by atoms with Crippen LogP contribution in [0.2, 0.25) is 0 Å². The summed E-state index contributed by atoms with van der Waals surface area (Å²) in [4.78, 5) is 6.36. The van der Waals surface area contributed by atoms with Crippen LogP contribution in [-0.4, -0.2) is 25.2 Å². The van der Waals surface area contributed by atoms with Gasteiger partial charge in [0, 0.05) is 12.7 Å². The van der Waals surface area contributed by atoms with Crippen LogP contribution in [0.4, 0.5) is 5.69 Å². The first kappa shape index (κ1) is 7.40. The molecule has 0 bridgehead atoms. The van der Waals surface area contributed by atoms with Crippen LogP contribution in [0.3, 0.4) is 0 Å². The molecule has 0 spiro atoms. The Morgan fingerprint density at radius 3 is 3.25 bits per heavy atom. The molecule has 3 heteroatoms. The molecular weight excluding hydrogens is 152 g/mol. The maximum atomic E-state index is 5.44. The fourth-order valence-electron chi connectivity index (χ4n) is 1.36. The molecule has 1 aromatic rings. The quantitative estimate of drug-likeness (QED) is 0.576. The number of ether oxygens (including phenoxy) is 1. The van der Waals surface area contributed by atoms with Gasteiger partial charge in [0.2, 0.25) is 0 Å². The van der Waals surface area contributed by atoms with E-state index in [0.29, 0.717) is 0 Å². The van der Waals surface area contributed by atoms with Crippen molar-refractivity contribution in [2.75, 3.05) is 25.1 Å². The SMILES string of the molecule is Cc1cc2c(cn1)OCCN2C. The number of aryl methyl sites for hydroxylation is 1.